The van der Waals surface area contributed by atoms with E-state index in [1.165, 1.54) is 44.1 Å². The number of rotatable bonds is 4. The third-order valence-electron chi connectivity index (χ3n) is 4.90. The number of hydrogen-bond acceptors (Lipinski definition) is 4. The molecule has 2 rings (SSSR count). The van der Waals surface area contributed by atoms with E-state index in [-0.39, 0.29) is 11.6 Å². The van der Waals surface area contributed by atoms with E-state index in [1.54, 1.807) is 0 Å². The second-order valence-electron chi connectivity index (χ2n) is 6.58. The highest BCUT2D eigenvalue weighted by molar-refractivity contribution is 5.18. The van der Waals surface area contributed by atoms with Crippen molar-refractivity contribution in [3.63, 3.8) is 0 Å². The van der Waals surface area contributed by atoms with Crippen LogP contribution in [0.2, 0.25) is 0 Å². The molecule has 1 heterocycles. The first-order valence-corrected chi connectivity index (χ1v) is 8.14. The Bertz CT molecular complexity index is 322. The van der Waals surface area contributed by atoms with Crippen LogP contribution in [0, 0.1) is 0 Å². The second-order valence-corrected chi connectivity index (χ2v) is 6.58. The van der Waals surface area contributed by atoms with Gasteiger partial charge in [0.2, 0.25) is 0 Å². The zero-order valence-corrected chi connectivity index (χ0v) is 13.2. The third kappa shape index (κ3) is 3.82. The van der Waals surface area contributed by atoms with Gasteiger partial charge in [-0.2, -0.15) is 0 Å². The molecule has 1 saturated heterocycles. The predicted molar refractivity (Wildman–Crippen MR) is 83.4 cm³/mol. The fraction of sp³-hybridized carbons (Fsp3) is 0.875. The minimum absolute atomic E-state index is 0.0313. The van der Waals surface area contributed by atoms with Crippen molar-refractivity contribution in [2.45, 2.75) is 64.0 Å². The standard InChI is InChI=1S/C16H31N3O/c1-16(2,19-10-12-20-13-11-19)15(18-17)14-8-6-4-3-5-7-9-14/h8,15,18H,3-7,9-13,17H2,1-2H3. The molecule has 0 bridgehead atoms. The highest BCUT2D eigenvalue weighted by Crippen LogP contribution is 2.29. The Labute approximate surface area is 123 Å². The lowest BCUT2D eigenvalue weighted by molar-refractivity contribution is -0.0193. The van der Waals surface area contributed by atoms with Crippen molar-refractivity contribution in [3.05, 3.63) is 11.6 Å². The van der Waals surface area contributed by atoms with Crippen molar-refractivity contribution in [2.24, 2.45) is 5.84 Å². The normalized spacial score (nSPS) is 24.6. The van der Waals surface area contributed by atoms with Gasteiger partial charge in [0.25, 0.3) is 0 Å². The van der Waals surface area contributed by atoms with Gasteiger partial charge in [0.1, 0.15) is 0 Å². The van der Waals surface area contributed by atoms with Crippen molar-refractivity contribution in [2.75, 3.05) is 26.3 Å². The summed E-state index contributed by atoms with van der Waals surface area (Å²) in [6.07, 6.45) is 10.2. The molecule has 1 aliphatic heterocycles. The summed E-state index contributed by atoms with van der Waals surface area (Å²) in [4.78, 5) is 2.51. The largest absolute Gasteiger partial charge is 0.379 e. The van der Waals surface area contributed by atoms with Crippen LogP contribution in [0.5, 0.6) is 0 Å². The number of hydrogen-bond donors (Lipinski definition) is 2. The zero-order valence-electron chi connectivity index (χ0n) is 13.2. The molecule has 1 unspecified atom stereocenters. The second kappa shape index (κ2) is 7.55. The molecule has 0 amide bonds. The molecule has 1 atom stereocenters. The molecule has 0 aromatic rings. The zero-order chi connectivity index (χ0) is 14.4. The van der Waals surface area contributed by atoms with Gasteiger partial charge in [-0.1, -0.05) is 24.5 Å². The van der Waals surface area contributed by atoms with Crippen LogP contribution >= 0.6 is 0 Å². The van der Waals surface area contributed by atoms with E-state index in [0.29, 0.717) is 0 Å². The first kappa shape index (κ1) is 16.0. The van der Waals surface area contributed by atoms with Gasteiger partial charge in [-0.25, -0.2) is 0 Å². The van der Waals surface area contributed by atoms with Crippen LogP contribution in [-0.4, -0.2) is 42.8 Å². The molecule has 116 valence electrons. The van der Waals surface area contributed by atoms with Crippen LogP contribution in [0.1, 0.15) is 52.4 Å². The maximum absolute atomic E-state index is 5.94. The Morgan fingerprint density at radius 2 is 1.90 bits per heavy atom. The Kier molecular flexibility index (Phi) is 6.02. The summed E-state index contributed by atoms with van der Waals surface area (Å²) in [5.74, 6) is 5.94. The molecule has 1 fully saturated rings. The smallest absolute Gasteiger partial charge is 0.0598 e. The molecule has 20 heavy (non-hydrogen) atoms. The van der Waals surface area contributed by atoms with Gasteiger partial charge in [0.15, 0.2) is 0 Å². The monoisotopic (exact) mass is 281 g/mol. The predicted octanol–water partition coefficient (Wildman–Crippen LogP) is 2.21. The van der Waals surface area contributed by atoms with Crippen LogP contribution in [0.25, 0.3) is 0 Å². The van der Waals surface area contributed by atoms with Gasteiger partial charge in [-0.05, 0) is 39.5 Å². The molecule has 0 aromatic carbocycles. The lowest BCUT2D eigenvalue weighted by atomic mass is 9.83. The Hall–Kier alpha value is -0.420. The van der Waals surface area contributed by atoms with Gasteiger partial charge in [-0.3, -0.25) is 16.2 Å². The first-order chi connectivity index (χ1) is 9.66. The highest BCUT2D eigenvalue weighted by Gasteiger charge is 2.37. The summed E-state index contributed by atoms with van der Waals surface area (Å²) >= 11 is 0. The van der Waals surface area contributed by atoms with E-state index in [1.807, 2.05) is 0 Å². The molecule has 4 nitrogen and oxygen atoms in total. The number of nitrogens with zero attached hydrogens (tertiary/aromatic N) is 1. The van der Waals surface area contributed by atoms with Crippen LogP contribution < -0.4 is 11.3 Å². The van der Waals surface area contributed by atoms with E-state index in [0.717, 1.165) is 26.3 Å². The van der Waals surface area contributed by atoms with Gasteiger partial charge >= 0.3 is 0 Å². The summed E-state index contributed by atoms with van der Waals surface area (Å²) in [7, 11) is 0. The summed E-state index contributed by atoms with van der Waals surface area (Å²) in [6.45, 7) is 8.28. The highest BCUT2D eigenvalue weighted by atomic mass is 16.5. The van der Waals surface area contributed by atoms with E-state index in [9.17, 15) is 0 Å². The average molecular weight is 281 g/mol. The molecule has 4 heteroatoms. The van der Waals surface area contributed by atoms with Crippen molar-refractivity contribution >= 4 is 0 Å². The fourth-order valence-corrected chi connectivity index (χ4v) is 3.57. The van der Waals surface area contributed by atoms with Crippen LogP contribution in [0.15, 0.2) is 11.6 Å². The number of hydrazine groups is 1. The number of nitrogens with one attached hydrogen (secondary N) is 1. The molecule has 3 N–H and O–H groups in total. The summed E-state index contributed by atoms with van der Waals surface area (Å²) in [5.41, 5.74) is 4.64. The van der Waals surface area contributed by atoms with Crippen LogP contribution in [-0.2, 0) is 4.74 Å². The third-order valence-corrected chi connectivity index (χ3v) is 4.90. The SMILES string of the molecule is CC(C)(C(NN)C1=CCCCCCC1)N1CCOCC1. The minimum Gasteiger partial charge on any atom is -0.379 e. The maximum atomic E-state index is 5.94. The number of morpholine rings is 1. The molecule has 0 aromatic heterocycles. The average Bonchev–Trinajstić information content (AvgIpc) is 2.42. The van der Waals surface area contributed by atoms with E-state index >= 15 is 0 Å². The van der Waals surface area contributed by atoms with Crippen molar-refractivity contribution in [3.8, 4) is 0 Å². The Morgan fingerprint density at radius 1 is 1.20 bits per heavy atom. The van der Waals surface area contributed by atoms with Crippen molar-refractivity contribution in [1.82, 2.24) is 10.3 Å². The Morgan fingerprint density at radius 3 is 2.60 bits per heavy atom. The van der Waals surface area contributed by atoms with Crippen LogP contribution in [0.4, 0.5) is 0 Å². The lowest BCUT2D eigenvalue weighted by Gasteiger charge is -2.46. The van der Waals surface area contributed by atoms with Crippen molar-refractivity contribution < 1.29 is 4.74 Å². The molecule has 1 aliphatic carbocycles. The van der Waals surface area contributed by atoms with E-state index in [4.69, 9.17) is 10.6 Å². The van der Waals surface area contributed by atoms with Crippen LogP contribution in [0.3, 0.4) is 0 Å². The van der Waals surface area contributed by atoms with E-state index < -0.39 is 0 Å². The van der Waals surface area contributed by atoms with Gasteiger partial charge in [0.05, 0.1) is 19.3 Å². The molecule has 0 saturated carbocycles. The molecule has 0 radical (unpaired) electrons. The van der Waals surface area contributed by atoms with E-state index in [2.05, 4.69) is 30.2 Å². The number of allylic oxidation sites excluding steroid dienone is 1. The molecule has 2 aliphatic rings. The topological polar surface area (TPSA) is 50.5 Å². The van der Waals surface area contributed by atoms with Crippen molar-refractivity contribution in [1.29, 1.82) is 0 Å². The lowest BCUT2D eigenvalue weighted by Crippen LogP contribution is -2.62. The number of ether oxygens (including phenoxy) is 1. The maximum Gasteiger partial charge on any atom is 0.0598 e. The van der Waals surface area contributed by atoms with Gasteiger partial charge < -0.3 is 4.74 Å². The molecule has 0 spiro atoms. The molecular weight excluding hydrogens is 250 g/mol. The fourth-order valence-electron chi connectivity index (χ4n) is 3.57. The first-order valence-electron chi connectivity index (χ1n) is 8.14. The van der Waals surface area contributed by atoms with Gasteiger partial charge in [0, 0.05) is 18.6 Å². The summed E-state index contributed by atoms with van der Waals surface area (Å²) < 4.78 is 5.48. The Balaban J connectivity index is 2.11. The summed E-state index contributed by atoms with van der Waals surface area (Å²) in [6, 6.07) is 0.235. The number of nitrogens with two attached hydrogens (primary N) is 1. The van der Waals surface area contributed by atoms with Gasteiger partial charge in [-0.15, -0.1) is 0 Å². The molecular formula is C16H31N3O. The summed E-state index contributed by atoms with van der Waals surface area (Å²) in [5, 5.41) is 0. The quantitative estimate of drug-likeness (QED) is 0.471. The minimum atomic E-state index is 0.0313.